The van der Waals surface area contributed by atoms with Gasteiger partial charge in [-0.05, 0) is 46.8 Å². The zero-order valence-electron chi connectivity index (χ0n) is 9.96. The van der Waals surface area contributed by atoms with Crippen molar-refractivity contribution in [2.24, 2.45) is 5.73 Å². The normalized spacial score (nSPS) is 10.1. The second-order valence-corrected chi connectivity index (χ2v) is 5.00. The molecule has 94 valence electrons. The molecule has 0 saturated heterocycles. The van der Waals surface area contributed by atoms with Crippen LogP contribution in [-0.2, 0) is 6.42 Å². The van der Waals surface area contributed by atoms with E-state index in [1.807, 2.05) is 12.1 Å². The largest absolute Gasteiger partial charge is 0.496 e. The number of aryl methyl sites for hydroxylation is 1. The average molecular weight is 318 g/mol. The molecule has 0 amide bonds. The molecule has 0 saturated carbocycles. The minimum Gasteiger partial charge on any atom is -0.496 e. The fraction of sp³-hybridized carbons (Fsp3) is 0.417. The SMILES string of the molecule is COc1cc(OC)c(CCCC(N)=S)cc1Br. The number of thiocarbonyl (C=S) groups is 1. The summed E-state index contributed by atoms with van der Waals surface area (Å²) in [7, 11) is 3.28. The lowest BCUT2D eigenvalue weighted by molar-refractivity contribution is 0.389. The predicted octanol–water partition coefficient (Wildman–Crippen LogP) is 3.08. The van der Waals surface area contributed by atoms with E-state index in [-0.39, 0.29) is 0 Å². The van der Waals surface area contributed by atoms with Gasteiger partial charge >= 0.3 is 0 Å². The second kappa shape index (κ2) is 6.81. The maximum atomic E-state index is 5.47. The predicted molar refractivity (Wildman–Crippen MR) is 77.0 cm³/mol. The first-order valence-electron chi connectivity index (χ1n) is 5.27. The Morgan fingerprint density at radius 3 is 2.47 bits per heavy atom. The third-order valence-corrected chi connectivity index (χ3v) is 3.25. The molecule has 0 unspecified atom stereocenters. The molecule has 0 aliphatic carbocycles. The Balaban J connectivity index is 2.83. The van der Waals surface area contributed by atoms with Crippen molar-refractivity contribution in [1.29, 1.82) is 0 Å². The highest BCUT2D eigenvalue weighted by Crippen LogP contribution is 2.33. The van der Waals surface area contributed by atoms with Crippen LogP contribution in [0.5, 0.6) is 11.5 Å². The van der Waals surface area contributed by atoms with Crippen molar-refractivity contribution in [3.63, 3.8) is 0 Å². The molecular weight excluding hydrogens is 302 g/mol. The van der Waals surface area contributed by atoms with Gasteiger partial charge in [-0.3, -0.25) is 0 Å². The Hall–Kier alpha value is -0.810. The maximum Gasteiger partial charge on any atom is 0.136 e. The highest BCUT2D eigenvalue weighted by molar-refractivity contribution is 9.10. The Morgan fingerprint density at radius 1 is 1.29 bits per heavy atom. The van der Waals surface area contributed by atoms with Gasteiger partial charge in [0.25, 0.3) is 0 Å². The molecule has 0 spiro atoms. The van der Waals surface area contributed by atoms with E-state index in [1.165, 1.54) is 0 Å². The van der Waals surface area contributed by atoms with Crippen LogP contribution in [0.2, 0.25) is 0 Å². The van der Waals surface area contributed by atoms with Crippen molar-refractivity contribution >= 4 is 33.1 Å². The first kappa shape index (κ1) is 14.3. The van der Waals surface area contributed by atoms with Gasteiger partial charge in [0.2, 0.25) is 0 Å². The summed E-state index contributed by atoms with van der Waals surface area (Å²) in [6, 6.07) is 3.89. The quantitative estimate of drug-likeness (QED) is 0.819. The summed E-state index contributed by atoms with van der Waals surface area (Å²) in [5.41, 5.74) is 6.60. The molecule has 3 nitrogen and oxygen atoms in total. The lowest BCUT2D eigenvalue weighted by atomic mass is 10.1. The van der Waals surface area contributed by atoms with Crippen molar-refractivity contribution in [2.75, 3.05) is 14.2 Å². The fourth-order valence-corrected chi connectivity index (χ4v) is 2.27. The van der Waals surface area contributed by atoms with E-state index in [0.29, 0.717) is 4.99 Å². The third kappa shape index (κ3) is 4.16. The molecule has 17 heavy (non-hydrogen) atoms. The van der Waals surface area contributed by atoms with Gasteiger partial charge in [-0.1, -0.05) is 12.2 Å². The summed E-state index contributed by atoms with van der Waals surface area (Å²) in [4.78, 5) is 0.552. The van der Waals surface area contributed by atoms with Crippen LogP contribution < -0.4 is 15.2 Å². The van der Waals surface area contributed by atoms with Gasteiger partial charge in [-0.15, -0.1) is 0 Å². The number of ether oxygens (including phenoxy) is 2. The topological polar surface area (TPSA) is 44.5 Å². The molecule has 1 aromatic carbocycles. The Kier molecular flexibility index (Phi) is 5.71. The maximum absolute atomic E-state index is 5.47. The van der Waals surface area contributed by atoms with Crippen molar-refractivity contribution in [3.05, 3.63) is 22.2 Å². The molecule has 0 aliphatic rings. The molecular formula is C12H16BrNO2S. The number of methoxy groups -OCH3 is 2. The molecule has 2 N–H and O–H groups in total. The monoisotopic (exact) mass is 317 g/mol. The smallest absolute Gasteiger partial charge is 0.136 e. The van der Waals surface area contributed by atoms with E-state index in [4.69, 9.17) is 27.4 Å². The number of hydrogen-bond acceptors (Lipinski definition) is 3. The summed E-state index contributed by atoms with van der Waals surface area (Å²) < 4.78 is 11.5. The lowest BCUT2D eigenvalue weighted by Crippen LogP contribution is -2.07. The minimum atomic E-state index is 0.552. The van der Waals surface area contributed by atoms with Gasteiger partial charge < -0.3 is 15.2 Å². The summed E-state index contributed by atoms with van der Waals surface area (Å²) >= 11 is 8.32. The van der Waals surface area contributed by atoms with Crippen LogP contribution in [0.15, 0.2) is 16.6 Å². The molecule has 5 heteroatoms. The lowest BCUT2D eigenvalue weighted by Gasteiger charge is -2.12. The van der Waals surface area contributed by atoms with E-state index in [0.717, 1.165) is 40.8 Å². The van der Waals surface area contributed by atoms with E-state index in [1.54, 1.807) is 14.2 Å². The summed E-state index contributed by atoms with van der Waals surface area (Å²) in [6.07, 6.45) is 2.55. The molecule has 0 aromatic heterocycles. The number of rotatable bonds is 6. The van der Waals surface area contributed by atoms with Crippen molar-refractivity contribution in [2.45, 2.75) is 19.3 Å². The molecule has 1 aromatic rings. The molecule has 0 atom stereocenters. The third-order valence-electron chi connectivity index (χ3n) is 2.42. The van der Waals surface area contributed by atoms with Crippen LogP contribution in [0.1, 0.15) is 18.4 Å². The van der Waals surface area contributed by atoms with Gasteiger partial charge in [0.15, 0.2) is 0 Å². The van der Waals surface area contributed by atoms with E-state index in [9.17, 15) is 0 Å². The first-order valence-corrected chi connectivity index (χ1v) is 6.47. The Labute approximate surface area is 115 Å². The zero-order chi connectivity index (χ0) is 12.8. The van der Waals surface area contributed by atoms with E-state index < -0.39 is 0 Å². The summed E-state index contributed by atoms with van der Waals surface area (Å²) in [5, 5.41) is 0. The Bertz CT molecular complexity index is 410. The number of nitrogens with two attached hydrogens (primary N) is 1. The van der Waals surface area contributed by atoms with Crippen LogP contribution in [0, 0.1) is 0 Å². The molecule has 0 bridgehead atoms. The summed E-state index contributed by atoms with van der Waals surface area (Å²) in [5.74, 6) is 1.59. The van der Waals surface area contributed by atoms with Crippen molar-refractivity contribution in [1.82, 2.24) is 0 Å². The van der Waals surface area contributed by atoms with Crippen molar-refractivity contribution in [3.8, 4) is 11.5 Å². The van der Waals surface area contributed by atoms with Crippen LogP contribution in [-0.4, -0.2) is 19.2 Å². The molecule has 0 radical (unpaired) electrons. The second-order valence-electron chi connectivity index (χ2n) is 3.62. The standard InChI is InChI=1S/C12H16BrNO2S/c1-15-10-7-11(16-2)9(13)6-8(10)4-3-5-12(14)17/h6-7H,3-5H2,1-2H3,(H2,14,17). The van der Waals surface area contributed by atoms with Gasteiger partial charge in [-0.2, -0.15) is 0 Å². The minimum absolute atomic E-state index is 0.552. The molecule has 0 heterocycles. The van der Waals surface area contributed by atoms with Crippen LogP contribution in [0.25, 0.3) is 0 Å². The zero-order valence-corrected chi connectivity index (χ0v) is 12.4. The van der Waals surface area contributed by atoms with E-state index in [2.05, 4.69) is 15.9 Å². The molecule has 0 fully saturated rings. The van der Waals surface area contributed by atoms with Crippen LogP contribution in [0.3, 0.4) is 0 Å². The fourth-order valence-electron chi connectivity index (χ4n) is 1.57. The first-order chi connectivity index (χ1) is 8.08. The Morgan fingerprint density at radius 2 is 1.94 bits per heavy atom. The highest BCUT2D eigenvalue weighted by atomic mass is 79.9. The molecule has 0 aliphatic heterocycles. The number of benzene rings is 1. The van der Waals surface area contributed by atoms with Crippen molar-refractivity contribution < 1.29 is 9.47 Å². The molecule has 1 rings (SSSR count). The van der Waals surface area contributed by atoms with Gasteiger partial charge in [0.1, 0.15) is 11.5 Å². The summed E-state index contributed by atoms with van der Waals surface area (Å²) in [6.45, 7) is 0. The van der Waals surface area contributed by atoms with Crippen LogP contribution >= 0.6 is 28.1 Å². The highest BCUT2D eigenvalue weighted by Gasteiger charge is 2.09. The average Bonchev–Trinajstić information content (AvgIpc) is 2.29. The van der Waals surface area contributed by atoms with Crippen LogP contribution in [0.4, 0.5) is 0 Å². The van der Waals surface area contributed by atoms with Gasteiger partial charge in [0, 0.05) is 6.07 Å². The van der Waals surface area contributed by atoms with Gasteiger partial charge in [0.05, 0.1) is 23.7 Å². The number of hydrogen-bond donors (Lipinski definition) is 1. The van der Waals surface area contributed by atoms with Gasteiger partial charge in [-0.25, -0.2) is 0 Å². The number of halogens is 1. The van der Waals surface area contributed by atoms with E-state index >= 15 is 0 Å².